The van der Waals surface area contributed by atoms with E-state index in [4.69, 9.17) is 5.11 Å². The van der Waals surface area contributed by atoms with E-state index in [9.17, 15) is 9.59 Å². The Morgan fingerprint density at radius 3 is 2.53 bits per heavy atom. The molecule has 0 unspecified atom stereocenters. The van der Waals surface area contributed by atoms with E-state index in [-0.39, 0.29) is 0 Å². The molecule has 1 aromatic rings. The summed E-state index contributed by atoms with van der Waals surface area (Å²) in [5.41, 5.74) is 1.63. The topological polar surface area (TPSA) is 95.1 Å². The normalized spacial score (nSPS) is 12.2. The highest BCUT2D eigenvalue weighted by Crippen LogP contribution is 2.10. The molecular weight excluding hydrogens is 222 g/mol. The van der Waals surface area contributed by atoms with Gasteiger partial charge < -0.3 is 10.4 Å². The van der Waals surface area contributed by atoms with Crippen LogP contribution in [-0.4, -0.2) is 33.2 Å². The third-order valence-electron chi connectivity index (χ3n) is 2.54. The van der Waals surface area contributed by atoms with E-state index < -0.39 is 17.9 Å². The highest BCUT2D eigenvalue weighted by molar-refractivity contribution is 5.98. The van der Waals surface area contributed by atoms with Crippen LogP contribution in [0, 0.1) is 13.8 Å². The summed E-state index contributed by atoms with van der Waals surface area (Å²) < 4.78 is 0. The monoisotopic (exact) mass is 239 g/mol. The summed E-state index contributed by atoms with van der Waals surface area (Å²) in [6.07, 6.45) is 1.11. The molecule has 0 saturated heterocycles. The summed E-state index contributed by atoms with van der Waals surface area (Å²) in [5.74, 6) is -1.41. The molecule has 6 heteroatoms. The lowest BCUT2D eigenvalue weighted by Crippen LogP contribution is -2.41. The van der Waals surface area contributed by atoms with Gasteiger partial charge in [0.2, 0.25) is 0 Å². The summed E-state index contributed by atoms with van der Waals surface area (Å²) >= 11 is 0. The highest BCUT2D eigenvalue weighted by Gasteiger charge is 2.22. The van der Waals surface area contributed by atoms with Crippen molar-refractivity contribution in [3.8, 4) is 0 Å². The van der Waals surface area contributed by atoms with E-state index in [1.807, 2.05) is 6.92 Å². The quantitative estimate of drug-likeness (QED) is 0.714. The molecule has 0 aliphatic carbocycles. The van der Waals surface area contributed by atoms with Crippen LogP contribution in [0.5, 0.6) is 0 Å². The summed E-state index contributed by atoms with van der Waals surface area (Å²) in [6, 6.07) is -0.846. The Morgan fingerprint density at radius 2 is 2.12 bits per heavy atom. The summed E-state index contributed by atoms with van der Waals surface area (Å²) in [7, 11) is 0. The molecule has 1 amide bonds. The number of aromatic nitrogens is 2. The van der Waals surface area contributed by atoms with Gasteiger partial charge in [-0.2, -0.15) is 5.10 Å². The number of amides is 1. The van der Waals surface area contributed by atoms with Gasteiger partial charge in [-0.3, -0.25) is 9.89 Å². The predicted molar refractivity (Wildman–Crippen MR) is 61.9 cm³/mol. The van der Waals surface area contributed by atoms with Crippen molar-refractivity contribution in [1.82, 2.24) is 15.5 Å². The minimum Gasteiger partial charge on any atom is -0.480 e. The summed E-state index contributed by atoms with van der Waals surface area (Å²) in [4.78, 5) is 22.8. The minimum absolute atomic E-state index is 0.394. The van der Waals surface area contributed by atoms with Crippen molar-refractivity contribution in [1.29, 1.82) is 0 Å². The number of carbonyl (C=O) groups excluding carboxylic acids is 1. The van der Waals surface area contributed by atoms with Gasteiger partial charge in [0.05, 0.1) is 11.3 Å². The Bertz CT molecular complexity index is 406. The van der Waals surface area contributed by atoms with Crippen molar-refractivity contribution in [3.63, 3.8) is 0 Å². The fraction of sp³-hybridized carbons (Fsp3) is 0.545. The number of aryl methyl sites for hydroxylation is 2. The number of hydrogen-bond acceptors (Lipinski definition) is 3. The largest absolute Gasteiger partial charge is 0.480 e. The maximum absolute atomic E-state index is 11.9. The maximum atomic E-state index is 11.9. The Labute approximate surface area is 99.4 Å². The molecule has 0 bridgehead atoms. The molecule has 6 nitrogen and oxygen atoms in total. The Hall–Kier alpha value is -1.85. The van der Waals surface area contributed by atoms with Crippen molar-refractivity contribution in [2.24, 2.45) is 0 Å². The first-order valence-electron chi connectivity index (χ1n) is 5.52. The van der Waals surface area contributed by atoms with E-state index in [0.29, 0.717) is 29.8 Å². The number of aromatic amines is 1. The molecule has 94 valence electrons. The zero-order chi connectivity index (χ0) is 13.0. The Kier molecular flexibility index (Phi) is 4.25. The van der Waals surface area contributed by atoms with Crippen molar-refractivity contribution in [3.05, 3.63) is 17.0 Å². The number of nitrogens with zero attached hydrogens (tertiary/aromatic N) is 1. The van der Waals surface area contributed by atoms with Crippen molar-refractivity contribution < 1.29 is 14.7 Å². The number of H-pyrrole nitrogens is 1. The fourth-order valence-corrected chi connectivity index (χ4v) is 1.66. The van der Waals surface area contributed by atoms with Gasteiger partial charge in [-0.1, -0.05) is 13.3 Å². The van der Waals surface area contributed by atoms with E-state index in [1.165, 1.54) is 0 Å². The van der Waals surface area contributed by atoms with Gasteiger partial charge in [0.1, 0.15) is 6.04 Å². The van der Waals surface area contributed by atoms with E-state index in [0.717, 1.165) is 0 Å². The number of carbonyl (C=O) groups is 2. The number of carboxylic acids is 1. The lowest BCUT2D eigenvalue weighted by atomic mass is 10.1. The maximum Gasteiger partial charge on any atom is 0.326 e. The number of hydrogen-bond donors (Lipinski definition) is 3. The molecule has 1 heterocycles. The van der Waals surface area contributed by atoms with Crippen molar-refractivity contribution in [2.45, 2.75) is 39.7 Å². The predicted octanol–water partition coefficient (Wildman–Crippen LogP) is 1.01. The van der Waals surface area contributed by atoms with E-state index in [1.54, 1.807) is 13.8 Å². The number of carboxylic acid groups (broad SMARTS) is 1. The molecule has 0 saturated carbocycles. The number of aliphatic carboxylic acids is 1. The van der Waals surface area contributed by atoms with Crippen LogP contribution in [0.2, 0.25) is 0 Å². The highest BCUT2D eigenvalue weighted by atomic mass is 16.4. The zero-order valence-corrected chi connectivity index (χ0v) is 10.2. The third-order valence-corrected chi connectivity index (χ3v) is 2.54. The lowest BCUT2D eigenvalue weighted by molar-refractivity contribution is -0.139. The molecule has 0 spiro atoms. The molecule has 1 rings (SSSR count). The van der Waals surface area contributed by atoms with Gasteiger partial charge >= 0.3 is 5.97 Å². The minimum atomic E-state index is -1.01. The second-order valence-corrected chi connectivity index (χ2v) is 3.96. The molecule has 0 aliphatic heterocycles. The van der Waals surface area contributed by atoms with Crippen LogP contribution in [0.4, 0.5) is 0 Å². The molecule has 0 radical (unpaired) electrons. The zero-order valence-electron chi connectivity index (χ0n) is 10.2. The smallest absolute Gasteiger partial charge is 0.326 e. The van der Waals surface area contributed by atoms with Crippen LogP contribution in [0.25, 0.3) is 0 Å². The number of nitrogens with one attached hydrogen (secondary N) is 2. The number of rotatable bonds is 5. The van der Waals surface area contributed by atoms with Crippen molar-refractivity contribution >= 4 is 11.9 Å². The molecule has 0 aliphatic rings. The molecule has 0 fully saturated rings. The van der Waals surface area contributed by atoms with Gasteiger partial charge in [-0.05, 0) is 20.3 Å². The Balaban J connectivity index is 2.81. The van der Waals surface area contributed by atoms with E-state index in [2.05, 4.69) is 15.5 Å². The average molecular weight is 239 g/mol. The molecule has 1 atom stereocenters. The van der Waals surface area contributed by atoms with Crippen LogP contribution in [0.1, 0.15) is 41.5 Å². The second-order valence-electron chi connectivity index (χ2n) is 3.96. The molecule has 0 aromatic carbocycles. The van der Waals surface area contributed by atoms with Gasteiger partial charge in [-0.25, -0.2) is 4.79 Å². The average Bonchev–Trinajstić information content (AvgIpc) is 2.57. The fourth-order valence-electron chi connectivity index (χ4n) is 1.66. The standard InChI is InChI=1S/C11H17N3O3/c1-4-5-8(11(16)17)12-10(15)9-6(2)13-14-7(9)3/h8H,4-5H2,1-3H3,(H,12,15)(H,13,14)(H,16,17)/t8-/m0/s1. The lowest BCUT2D eigenvalue weighted by Gasteiger charge is -2.13. The summed E-state index contributed by atoms with van der Waals surface area (Å²) in [6.45, 7) is 5.30. The molecular formula is C11H17N3O3. The first-order valence-corrected chi connectivity index (χ1v) is 5.52. The van der Waals surface area contributed by atoms with Crippen LogP contribution in [0.3, 0.4) is 0 Å². The molecule has 1 aromatic heterocycles. The summed E-state index contributed by atoms with van der Waals surface area (Å²) in [5, 5.41) is 18.1. The first-order chi connectivity index (χ1) is 7.97. The Morgan fingerprint density at radius 1 is 1.47 bits per heavy atom. The SMILES string of the molecule is CCC[C@H](NC(=O)c1c(C)n[nH]c1C)C(=O)O. The van der Waals surface area contributed by atoms with Crippen LogP contribution < -0.4 is 5.32 Å². The molecule has 17 heavy (non-hydrogen) atoms. The second kappa shape index (κ2) is 5.47. The van der Waals surface area contributed by atoms with Gasteiger partial charge in [-0.15, -0.1) is 0 Å². The molecule has 3 N–H and O–H groups in total. The van der Waals surface area contributed by atoms with Crippen LogP contribution in [0.15, 0.2) is 0 Å². The van der Waals surface area contributed by atoms with Crippen LogP contribution in [-0.2, 0) is 4.79 Å². The van der Waals surface area contributed by atoms with E-state index >= 15 is 0 Å². The van der Waals surface area contributed by atoms with Crippen molar-refractivity contribution in [2.75, 3.05) is 0 Å². The van der Waals surface area contributed by atoms with Gasteiger partial charge in [0.15, 0.2) is 0 Å². The van der Waals surface area contributed by atoms with Gasteiger partial charge in [0, 0.05) is 5.69 Å². The third kappa shape index (κ3) is 3.05. The van der Waals surface area contributed by atoms with Gasteiger partial charge in [0.25, 0.3) is 5.91 Å². The van der Waals surface area contributed by atoms with Crippen LogP contribution >= 0.6 is 0 Å². The first kappa shape index (κ1) is 13.2.